The summed E-state index contributed by atoms with van der Waals surface area (Å²) in [4.78, 5) is 20.1. The van der Waals surface area contributed by atoms with Crippen LogP contribution in [0.15, 0.2) is 54.6 Å². The Labute approximate surface area is 157 Å². The van der Waals surface area contributed by atoms with E-state index in [2.05, 4.69) is 9.97 Å². The summed E-state index contributed by atoms with van der Waals surface area (Å²) >= 11 is 0. The number of aromatic nitrogens is 2. The number of anilines is 1. The summed E-state index contributed by atoms with van der Waals surface area (Å²) in [6.07, 6.45) is 0. The molecular formula is C20H20N4O3. The van der Waals surface area contributed by atoms with Crippen LogP contribution in [0.25, 0.3) is 11.3 Å². The highest BCUT2D eigenvalue weighted by Crippen LogP contribution is 2.32. The Morgan fingerprint density at radius 1 is 0.963 bits per heavy atom. The molecule has 138 valence electrons. The molecule has 0 aliphatic heterocycles. The molecule has 1 amide bonds. The van der Waals surface area contributed by atoms with E-state index in [4.69, 9.17) is 20.9 Å². The zero-order valence-electron chi connectivity index (χ0n) is 14.9. The number of nitrogens with two attached hydrogens (primary N) is 2. The Morgan fingerprint density at radius 3 is 2.37 bits per heavy atom. The summed E-state index contributed by atoms with van der Waals surface area (Å²) in [5, 5.41) is 0. The molecule has 0 atom stereocenters. The van der Waals surface area contributed by atoms with Crippen molar-refractivity contribution in [1.29, 1.82) is 0 Å². The molecule has 2 aromatic carbocycles. The normalized spacial score (nSPS) is 10.4. The Kier molecular flexibility index (Phi) is 5.51. The first-order valence-electron chi connectivity index (χ1n) is 8.40. The predicted octanol–water partition coefficient (Wildman–Crippen LogP) is 2.59. The second-order valence-electron chi connectivity index (χ2n) is 5.76. The van der Waals surface area contributed by atoms with Crippen LogP contribution in [-0.4, -0.2) is 29.1 Å². The van der Waals surface area contributed by atoms with Crippen molar-refractivity contribution in [3.8, 4) is 22.8 Å². The summed E-state index contributed by atoms with van der Waals surface area (Å²) in [5.41, 5.74) is 12.9. The second kappa shape index (κ2) is 8.18. The lowest BCUT2D eigenvalue weighted by atomic mass is 10.0. The molecule has 0 saturated heterocycles. The van der Waals surface area contributed by atoms with E-state index in [1.165, 1.54) is 0 Å². The van der Waals surface area contributed by atoms with E-state index in [1.807, 2.05) is 42.5 Å². The zero-order chi connectivity index (χ0) is 19.2. The minimum absolute atomic E-state index is 0.0645. The molecule has 0 saturated carbocycles. The van der Waals surface area contributed by atoms with Crippen molar-refractivity contribution in [2.75, 3.05) is 18.9 Å². The molecule has 1 heterocycles. The molecule has 7 heteroatoms. The van der Waals surface area contributed by atoms with Crippen molar-refractivity contribution in [3.05, 3.63) is 65.9 Å². The molecule has 3 rings (SSSR count). The molecule has 0 aliphatic rings. The smallest absolute Gasteiger partial charge is 0.252 e. The molecule has 0 aliphatic carbocycles. The lowest BCUT2D eigenvalue weighted by molar-refractivity contribution is 0.0999. The van der Waals surface area contributed by atoms with Gasteiger partial charge in [0, 0.05) is 5.56 Å². The second-order valence-corrected chi connectivity index (χ2v) is 5.76. The van der Waals surface area contributed by atoms with Gasteiger partial charge in [0.2, 0.25) is 5.95 Å². The van der Waals surface area contributed by atoms with Crippen LogP contribution < -0.4 is 20.9 Å². The van der Waals surface area contributed by atoms with Crippen LogP contribution in [0, 0.1) is 6.92 Å². The van der Waals surface area contributed by atoms with Crippen LogP contribution in [0.2, 0.25) is 0 Å². The number of amides is 1. The molecule has 0 spiro atoms. The van der Waals surface area contributed by atoms with Crippen LogP contribution >= 0.6 is 0 Å². The first kappa shape index (κ1) is 18.2. The van der Waals surface area contributed by atoms with Crippen molar-refractivity contribution in [2.24, 2.45) is 5.73 Å². The van der Waals surface area contributed by atoms with Gasteiger partial charge in [-0.2, -0.15) is 0 Å². The van der Waals surface area contributed by atoms with Crippen LogP contribution in [0.5, 0.6) is 11.5 Å². The molecule has 7 nitrogen and oxygen atoms in total. The average Bonchev–Trinajstić information content (AvgIpc) is 2.65. The number of carbonyl (C=O) groups is 1. The molecule has 0 bridgehead atoms. The summed E-state index contributed by atoms with van der Waals surface area (Å²) < 4.78 is 11.5. The van der Waals surface area contributed by atoms with Crippen molar-refractivity contribution in [2.45, 2.75) is 6.92 Å². The van der Waals surface area contributed by atoms with Crippen molar-refractivity contribution in [3.63, 3.8) is 0 Å². The number of rotatable bonds is 7. The fourth-order valence-corrected chi connectivity index (χ4v) is 2.70. The third-order valence-electron chi connectivity index (χ3n) is 3.85. The maximum Gasteiger partial charge on any atom is 0.252 e. The number of para-hydroxylation sites is 2. The largest absolute Gasteiger partial charge is 0.490 e. The average molecular weight is 364 g/mol. The Bertz CT molecular complexity index is 945. The van der Waals surface area contributed by atoms with Crippen LogP contribution in [-0.2, 0) is 0 Å². The van der Waals surface area contributed by atoms with E-state index in [0.717, 1.165) is 5.75 Å². The third kappa shape index (κ3) is 4.33. The lowest BCUT2D eigenvalue weighted by Crippen LogP contribution is -2.17. The highest BCUT2D eigenvalue weighted by Gasteiger charge is 2.19. The Balaban J connectivity index is 1.81. The quantitative estimate of drug-likeness (QED) is 0.623. The van der Waals surface area contributed by atoms with E-state index >= 15 is 0 Å². The summed E-state index contributed by atoms with van der Waals surface area (Å²) in [6, 6.07) is 16.7. The van der Waals surface area contributed by atoms with Crippen LogP contribution in [0.4, 0.5) is 5.95 Å². The molecular weight excluding hydrogens is 344 g/mol. The summed E-state index contributed by atoms with van der Waals surface area (Å²) in [5.74, 6) is 0.762. The van der Waals surface area contributed by atoms with E-state index in [1.54, 1.807) is 19.1 Å². The molecule has 4 N–H and O–H groups in total. The number of ether oxygens (including phenoxy) is 2. The highest BCUT2D eigenvalue weighted by molar-refractivity contribution is 6.00. The molecule has 27 heavy (non-hydrogen) atoms. The van der Waals surface area contributed by atoms with Gasteiger partial charge in [-0.05, 0) is 31.2 Å². The van der Waals surface area contributed by atoms with Gasteiger partial charge in [0.1, 0.15) is 24.7 Å². The summed E-state index contributed by atoms with van der Waals surface area (Å²) in [7, 11) is 0. The number of nitrogen functional groups attached to an aromatic ring is 1. The number of primary amides is 1. The molecule has 3 aromatic rings. The Morgan fingerprint density at radius 2 is 1.63 bits per heavy atom. The Hall–Kier alpha value is -3.61. The van der Waals surface area contributed by atoms with Crippen LogP contribution in [0.1, 0.15) is 16.1 Å². The molecule has 0 fully saturated rings. The first-order chi connectivity index (χ1) is 13.1. The first-order valence-corrected chi connectivity index (χ1v) is 8.40. The third-order valence-corrected chi connectivity index (χ3v) is 3.85. The molecule has 1 aromatic heterocycles. The van der Waals surface area contributed by atoms with Crippen molar-refractivity contribution in [1.82, 2.24) is 9.97 Å². The minimum atomic E-state index is -0.621. The number of benzene rings is 2. The fourth-order valence-electron chi connectivity index (χ4n) is 2.70. The van der Waals surface area contributed by atoms with Crippen LogP contribution in [0.3, 0.4) is 0 Å². The van der Waals surface area contributed by atoms with Gasteiger partial charge in [-0.3, -0.25) is 4.79 Å². The van der Waals surface area contributed by atoms with E-state index in [-0.39, 0.29) is 11.5 Å². The van der Waals surface area contributed by atoms with Gasteiger partial charge in [-0.1, -0.05) is 30.3 Å². The van der Waals surface area contributed by atoms with Gasteiger partial charge in [0.15, 0.2) is 0 Å². The monoisotopic (exact) mass is 364 g/mol. The van der Waals surface area contributed by atoms with Gasteiger partial charge in [0.05, 0.1) is 17.0 Å². The van der Waals surface area contributed by atoms with Gasteiger partial charge in [0.25, 0.3) is 5.91 Å². The number of carbonyl (C=O) groups excluding carboxylic acids is 1. The molecule has 0 unspecified atom stereocenters. The lowest BCUT2D eigenvalue weighted by Gasteiger charge is -2.14. The summed E-state index contributed by atoms with van der Waals surface area (Å²) in [6.45, 7) is 2.35. The topological polar surface area (TPSA) is 113 Å². The predicted molar refractivity (Wildman–Crippen MR) is 103 cm³/mol. The number of hydrogen-bond acceptors (Lipinski definition) is 6. The number of hydrogen-bond donors (Lipinski definition) is 2. The number of nitrogens with zero attached hydrogens (tertiary/aromatic N) is 2. The highest BCUT2D eigenvalue weighted by atomic mass is 16.5. The number of aryl methyl sites for hydroxylation is 1. The van der Waals surface area contributed by atoms with Crippen molar-refractivity contribution < 1.29 is 14.3 Å². The SMILES string of the molecule is Cc1nc(N)nc(-c2ccccc2OCCOc2ccccc2)c1C(N)=O. The van der Waals surface area contributed by atoms with Gasteiger partial charge < -0.3 is 20.9 Å². The maximum absolute atomic E-state index is 11.9. The molecule has 0 radical (unpaired) electrons. The van der Waals surface area contributed by atoms with Gasteiger partial charge in [-0.15, -0.1) is 0 Å². The van der Waals surface area contributed by atoms with Gasteiger partial charge >= 0.3 is 0 Å². The maximum atomic E-state index is 11.9. The van der Waals surface area contributed by atoms with E-state index in [0.29, 0.717) is 35.9 Å². The van der Waals surface area contributed by atoms with E-state index in [9.17, 15) is 4.79 Å². The van der Waals surface area contributed by atoms with Gasteiger partial charge in [-0.25, -0.2) is 9.97 Å². The standard InChI is InChI=1S/C20H20N4O3/c1-13-17(19(21)25)18(24-20(22)23-13)15-9-5-6-10-16(15)27-12-11-26-14-7-3-2-4-8-14/h2-10H,11-12H2,1H3,(H2,21,25)(H2,22,23,24). The van der Waals surface area contributed by atoms with E-state index < -0.39 is 5.91 Å². The van der Waals surface area contributed by atoms with Crippen molar-refractivity contribution >= 4 is 11.9 Å². The zero-order valence-corrected chi connectivity index (χ0v) is 14.9. The minimum Gasteiger partial charge on any atom is -0.490 e. The fraction of sp³-hybridized carbons (Fsp3) is 0.150.